The fourth-order valence-electron chi connectivity index (χ4n) is 3.41. The molecule has 2 amide bonds. The number of hydrogen-bond donors (Lipinski definition) is 2. The molecule has 2 atom stereocenters. The normalized spacial score (nSPS) is 28.9. The van der Waals surface area contributed by atoms with Gasteiger partial charge in [-0.15, -0.1) is 0 Å². The van der Waals surface area contributed by atoms with E-state index in [1.165, 1.54) is 4.90 Å². The first-order valence-electron chi connectivity index (χ1n) is 7.20. The van der Waals surface area contributed by atoms with Crippen LogP contribution >= 0.6 is 0 Å². The van der Waals surface area contributed by atoms with Gasteiger partial charge in [-0.3, -0.25) is 0 Å². The van der Waals surface area contributed by atoms with E-state index in [0.29, 0.717) is 19.0 Å². The first-order valence-corrected chi connectivity index (χ1v) is 7.20. The number of nitrogens with one attached hydrogen (secondary N) is 1. The second kappa shape index (κ2) is 6.20. The monoisotopic (exact) mass is 293 g/mol. The Morgan fingerprint density at radius 1 is 1.20 bits per heavy atom. The number of rotatable bonds is 3. The number of primary amides is 1. The molecule has 1 saturated heterocycles. The summed E-state index contributed by atoms with van der Waals surface area (Å²) in [4.78, 5) is 12.6. The van der Waals surface area contributed by atoms with Crippen LogP contribution in [0.5, 0.6) is 0 Å². The van der Waals surface area contributed by atoms with Gasteiger partial charge in [0.25, 0.3) is 0 Å². The van der Waals surface area contributed by atoms with E-state index in [-0.39, 0.29) is 12.6 Å². The van der Waals surface area contributed by atoms with Gasteiger partial charge in [0.2, 0.25) is 0 Å². The number of likely N-dealkylation sites (tertiary alicyclic amines) is 1. The molecule has 116 valence electrons. The Morgan fingerprint density at radius 3 is 2.40 bits per heavy atom. The maximum Gasteiger partial charge on any atom is 0.389 e. The van der Waals surface area contributed by atoms with Gasteiger partial charge in [0.1, 0.15) is 0 Å². The Balaban J connectivity index is 1.94. The zero-order valence-corrected chi connectivity index (χ0v) is 11.5. The summed E-state index contributed by atoms with van der Waals surface area (Å²) in [5, 5.41) is 3.40. The molecule has 0 aromatic carbocycles. The van der Waals surface area contributed by atoms with E-state index >= 15 is 0 Å². The number of hydrogen-bond acceptors (Lipinski definition) is 2. The van der Waals surface area contributed by atoms with Crippen molar-refractivity contribution in [2.45, 2.75) is 56.8 Å². The quantitative estimate of drug-likeness (QED) is 0.838. The van der Waals surface area contributed by atoms with Crippen LogP contribution in [0.15, 0.2) is 0 Å². The van der Waals surface area contributed by atoms with Crippen molar-refractivity contribution in [2.24, 2.45) is 11.7 Å². The Bertz CT molecular complexity index is 342. The van der Waals surface area contributed by atoms with Crippen molar-refractivity contribution in [3.05, 3.63) is 0 Å². The number of carbonyl (C=O) groups excluding carboxylic acids is 1. The minimum absolute atomic E-state index is 0.0771. The summed E-state index contributed by atoms with van der Waals surface area (Å²) >= 11 is 0. The molecule has 7 heteroatoms. The molecule has 1 saturated carbocycles. The molecule has 0 bridgehead atoms. The first kappa shape index (κ1) is 15.4. The van der Waals surface area contributed by atoms with Gasteiger partial charge in [-0.25, -0.2) is 4.79 Å². The van der Waals surface area contributed by atoms with Crippen LogP contribution in [0.25, 0.3) is 0 Å². The lowest BCUT2D eigenvalue weighted by molar-refractivity contribution is -0.148. The lowest BCUT2D eigenvalue weighted by Crippen LogP contribution is -2.54. The minimum Gasteiger partial charge on any atom is -0.351 e. The smallest absolute Gasteiger partial charge is 0.351 e. The Morgan fingerprint density at radius 2 is 1.85 bits per heavy atom. The van der Waals surface area contributed by atoms with E-state index < -0.39 is 24.5 Å². The van der Waals surface area contributed by atoms with Crippen LogP contribution in [0, 0.1) is 5.92 Å². The standard InChI is InChI=1S/C13H22F3N3O/c14-13(15,16)6-9-5-11(8-19(7-9)12(17)20)18-10-3-1-2-4-10/h9-11,18H,1-8H2,(H2,17,20). The maximum atomic E-state index is 12.5. The SMILES string of the molecule is NC(=O)N1CC(CC(F)(F)F)CC(NC2CCCC2)C1. The van der Waals surface area contributed by atoms with Crippen molar-refractivity contribution in [2.75, 3.05) is 13.1 Å². The number of urea groups is 1. The number of nitrogens with two attached hydrogens (primary N) is 1. The van der Waals surface area contributed by atoms with Gasteiger partial charge >= 0.3 is 12.2 Å². The number of carbonyl (C=O) groups is 1. The number of amides is 2. The highest BCUT2D eigenvalue weighted by Gasteiger charge is 2.38. The average molecular weight is 293 g/mol. The fraction of sp³-hybridized carbons (Fsp3) is 0.923. The molecule has 2 fully saturated rings. The predicted molar refractivity (Wildman–Crippen MR) is 69.1 cm³/mol. The van der Waals surface area contributed by atoms with E-state index in [9.17, 15) is 18.0 Å². The van der Waals surface area contributed by atoms with Gasteiger partial charge in [0.15, 0.2) is 0 Å². The molecular formula is C13H22F3N3O. The number of alkyl halides is 3. The molecule has 1 heterocycles. The molecule has 0 aromatic heterocycles. The van der Waals surface area contributed by atoms with Gasteiger partial charge < -0.3 is 16.0 Å². The van der Waals surface area contributed by atoms with Crippen molar-refractivity contribution in [1.82, 2.24) is 10.2 Å². The molecule has 4 nitrogen and oxygen atoms in total. The van der Waals surface area contributed by atoms with Crippen LogP contribution < -0.4 is 11.1 Å². The summed E-state index contributed by atoms with van der Waals surface area (Å²) in [5.74, 6) is -0.560. The first-order chi connectivity index (χ1) is 9.33. The Labute approximate surface area is 116 Å². The zero-order valence-electron chi connectivity index (χ0n) is 11.5. The molecule has 3 N–H and O–H groups in total. The third-order valence-electron chi connectivity index (χ3n) is 4.20. The maximum absolute atomic E-state index is 12.5. The van der Waals surface area contributed by atoms with Crippen molar-refractivity contribution in [1.29, 1.82) is 0 Å². The van der Waals surface area contributed by atoms with Crippen LogP contribution in [-0.2, 0) is 0 Å². The van der Waals surface area contributed by atoms with Crippen LogP contribution in [0.1, 0.15) is 38.5 Å². The summed E-state index contributed by atoms with van der Waals surface area (Å²) in [5.41, 5.74) is 5.24. The number of nitrogens with zero attached hydrogens (tertiary/aromatic N) is 1. The lowest BCUT2D eigenvalue weighted by Gasteiger charge is -2.38. The Hall–Kier alpha value is -0.980. The van der Waals surface area contributed by atoms with E-state index in [0.717, 1.165) is 25.7 Å². The van der Waals surface area contributed by atoms with Gasteiger partial charge in [-0.2, -0.15) is 13.2 Å². The van der Waals surface area contributed by atoms with Crippen LogP contribution in [-0.4, -0.2) is 42.3 Å². The van der Waals surface area contributed by atoms with E-state index in [2.05, 4.69) is 5.32 Å². The van der Waals surface area contributed by atoms with Crippen LogP contribution in [0.3, 0.4) is 0 Å². The third-order valence-corrected chi connectivity index (χ3v) is 4.20. The molecule has 2 aliphatic rings. The predicted octanol–water partition coefficient (Wildman–Crippen LogP) is 2.24. The largest absolute Gasteiger partial charge is 0.389 e. The van der Waals surface area contributed by atoms with Crippen molar-refractivity contribution < 1.29 is 18.0 Å². The Kier molecular flexibility index (Phi) is 4.78. The van der Waals surface area contributed by atoms with Crippen LogP contribution in [0.4, 0.5) is 18.0 Å². The lowest BCUT2D eigenvalue weighted by atomic mass is 9.91. The molecule has 0 aromatic rings. The second-order valence-electron chi connectivity index (χ2n) is 6.01. The molecule has 20 heavy (non-hydrogen) atoms. The highest BCUT2D eigenvalue weighted by atomic mass is 19.4. The van der Waals surface area contributed by atoms with Crippen molar-refractivity contribution in [3.63, 3.8) is 0 Å². The summed E-state index contributed by atoms with van der Waals surface area (Å²) in [6, 6.07) is -0.332. The van der Waals surface area contributed by atoms with E-state index in [4.69, 9.17) is 5.73 Å². The average Bonchev–Trinajstić information content (AvgIpc) is 2.78. The molecule has 0 spiro atoms. The highest BCUT2D eigenvalue weighted by Crippen LogP contribution is 2.31. The van der Waals surface area contributed by atoms with Gasteiger partial charge in [0.05, 0.1) is 0 Å². The van der Waals surface area contributed by atoms with Crippen molar-refractivity contribution in [3.8, 4) is 0 Å². The summed E-state index contributed by atoms with van der Waals surface area (Å²) < 4.78 is 37.6. The van der Waals surface area contributed by atoms with Gasteiger partial charge in [0, 0.05) is 31.6 Å². The zero-order chi connectivity index (χ0) is 14.8. The molecule has 2 unspecified atom stereocenters. The van der Waals surface area contributed by atoms with Crippen molar-refractivity contribution >= 4 is 6.03 Å². The van der Waals surface area contributed by atoms with Gasteiger partial charge in [-0.05, 0) is 25.2 Å². The van der Waals surface area contributed by atoms with Gasteiger partial charge in [-0.1, -0.05) is 12.8 Å². The fourth-order valence-corrected chi connectivity index (χ4v) is 3.41. The van der Waals surface area contributed by atoms with Crippen LogP contribution in [0.2, 0.25) is 0 Å². The van der Waals surface area contributed by atoms with E-state index in [1.54, 1.807) is 0 Å². The third kappa shape index (κ3) is 4.54. The molecule has 0 radical (unpaired) electrons. The summed E-state index contributed by atoms with van der Waals surface area (Å²) in [6.07, 6.45) is -0.123. The minimum atomic E-state index is -4.19. The summed E-state index contributed by atoms with van der Waals surface area (Å²) in [7, 11) is 0. The van der Waals surface area contributed by atoms with E-state index in [1.807, 2.05) is 0 Å². The molecule has 1 aliphatic carbocycles. The topological polar surface area (TPSA) is 58.4 Å². The molecule has 2 rings (SSSR count). The highest BCUT2D eigenvalue weighted by molar-refractivity contribution is 5.72. The summed E-state index contributed by atoms with van der Waals surface area (Å²) in [6.45, 7) is 0.526. The second-order valence-corrected chi connectivity index (χ2v) is 6.01. The number of piperidine rings is 1. The molecular weight excluding hydrogens is 271 g/mol. The molecule has 1 aliphatic heterocycles. The number of halogens is 3.